The quantitative estimate of drug-likeness (QED) is 0.904. The fourth-order valence-corrected chi connectivity index (χ4v) is 2.76. The Morgan fingerprint density at radius 1 is 1.50 bits per heavy atom. The molecule has 0 aliphatic rings. The van der Waals surface area contributed by atoms with Gasteiger partial charge in [-0.15, -0.1) is 11.3 Å². The first-order chi connectivity index (χ1) is 8.38. The Bertz CT molecular complexity index is 569. The number of hydrogen-bond acceptors (Lipinski definition) is 4. The van der Waals surface area contributed by atoms with E-state index in [4.69, 9.17) is 4.52 Å². The smallest absolute Gasteiger partial charge is 0.269 e. The van der Waals surface area contributed by atoms with Crippen LogP contribution in [0.25, 0.3) is 0 Å². The molecule has 2 aromatic heterocycles. The maximum absolute atomic E-state index is 11.9. The lowest BCUT2D eigenvalue weighted by molar-refractivity contribution is 0.102. The molecule has 1 N–H and O–H groups in total. The zero-order valence-electron chi connectivity index (χ0n) is 10.3. The van der Waals surface area contributed by atoms with Gasteiger partial charge in [0.25, 0.3) is 5.91 Å². The molecule has 0 spiro atoms. The zero-order chi connectivity index (χ0) is 13.3. The molecule has 0 atom stereocenters. The van der Waals surface area contributed by atoms with E-state index in [-0.39, 0.29) is 11.3 Å². The molecular formula is C12H13BrN2O2S. The van der Waals surface area contributed by atoms with Crippen LogP contribution in [0, 0.1) is 0 Å². The minimum atomic E-state index is -0.200. The first-order valence-corrected chi connectivity index (χ1v) is 7.07. The van der Waals surface area contributed by atoms with E-state index in [1.807, 2.05) is 32.2 Å². The van der Waals surface area contributed by atoms with E-state index in [0.29, 0.717) is 10.8 Å². The molecule has 2 rings (SSSR count). The molecule has 2 aromatic rings. The summed E-state index contributed by atoms with van der Waals surface area (Å²) in [6.45, 7) is 6.10. The molecule has 0 saturated heterocycles. The Hall–Kier alpha value is -1.14. The van der Waals surface area contributed by atoms with Crippen molar-refractivity contribution in [2.24, 2.45) is 0 Å². The number of carbonyl (C=O) groups excluding carboxylic acids is 1. The largest absolute Gasteiger partial charge is 0.338 e. The maximum Gasteiger partial charge on any atom is 0.269 e. The second-order valence-electron chi connectivity index (χ2n) is 4.88. The van der Waals surface area contributed by atoms with Crippen molar-refractivity contribution in [3.05, 3.63) is 32.6 Å². The molecule has 6 heteroatoms. The van der Waals surface area contributed by atoms with Gasteiger partial charge in [0.1, 0.15) is 4.88 Å². The van der Waals surface area contributed by atoms with Gasteiger partial charge in [-0.25, -0.2) is 0 Å². The normalized spacial score (nSPS) is 11.6. The van der Waals surface area contributed by atoms with Crippen molar-refractivity contribution >= 4 is 39.1 Å². The highest BCUT2D eigenvalue weighted by Gasteiger charge is 2.20. The summed E-state index contributed by atoms with van der Waals surface area (Å²) in [6.07, 6.45) is 0. The van der Waals surface area contributed by atoms with Gasteiger partial charge in [0.15, 0.2) is 0 Å². The van der Waals surface area contributed by atoms with Crippen LogP contribution in [0.3, 0.4) is 0 Å². The molecule has 0 saturated carbocycles. The van der Waals surface area contributed by atoms with Crippen molar-refractivity contribution in [2.45, 2.75) is 26.2 Å². The average molecular weight is 329 g/mol. The summed E-state index contributed by atoms with van der Waals surface area (Å²) in [4.78, 5) is 12.6. The van der Waals surface area contributed by atoms with Gasteiger partial charge in [0.2, 0.25) is 5.88 Å². The Morgan fingerprint density at radius 3 is 2.72 bits per heavy atom. The van der Waals surface area contributed by atoms with E-state index in [9.17, 15) is 4.79 Å². The molecular weight excluding hydrogens is 316 g/mol. The van der Waals surface area contributed by atoms with E-state index in [1.54, 1.807) is 6.07 Å². The van der Waals surface area contributed by atoms with Crippen molar-refractivity contribution in [3.63, 3.8) is 0 Å². The van der Waals surface area contributed by atoms with Crippen LogP contribution >= 0.6 is 27.3 Å². The highest BCUT2D eigenvalue weighted by molar-refractivity contribution is 9.10. The highest BCUT2D eigenvalue weighted by atomic mass is 79.9. The molecule has 0 aliphatic heterocycles. The third-order valence-corrected chi connectivity index (χ3v) is 4.18. The number of amides is 1. The number of thiophene rings is 1. The van der Waals surface area contributed by atoms with Gasteiger partial charge in [-0.1, -0.05) is 25.9 Å². The van der Waals surface area contributed by atoms with Crippen LogP contribution in [0.4, 0.5) is 5.88 Å². The predicted molar refractivity (Wildman–Crippen MR) is 75.2 cm³/mol. The number of halogens is 1. The fourth-order valence-electron chi connectivity index (χ4n) is 1.31. The molecule has 1 amide bonds. The number of anilines is 1. The van der Waals surface area contributed by atoms with Crippen LogP contribution in [0.5, 0.6) is 0 Å². The standard InChI is InChI=1S/C12H13BrN2O2S/c1-12(2,3)8-6-9(17-15-8)14-11(16)10-7(13)4-5-18-10/h4-6H,1-3H3,(H,14,16). The molecule has 0 aromatic carbocycles. The van der Waals surface area contributed by atoms with Crippen LogP contribution in [0.1, 0.15) is 36.1 Å². The number of carbonyl (C=O) groups is 1. The van der Waals surface area contributed by atoms with Gasteiger partial charge in [-0.05, 0) is 27.4 Å². The highest BCUT2D eigenvalue weighted by Crippen LogP contribution is 2.26. The van der Waals surface area contributed by atoms with E-state index in [2.05, 4.69) is 26.4 Å². The summed E-state index contributed by atoms with van der Waals surface area (Å²) >= 11 is 4.69. The third-order valence-electron chi connectivity index (χ3n) is 2.34. The Kier molecular flexibility index (Phi) is 3.59. The SMILES string of the molecule is CC(C)(C)c1cc(NC(=O)c2sccc2Br)on1. The summed E-state index contributed by atoms with van der Waals surface area (Å²) in [5, 5.41) is 8.48. The Labute approximate surface area is 117 Å². The Balaban J connectivity index is 2.13. The van der Waals surface area contributed by atoms with Gasteiger partial charge >= 0.3 is 0 Å². The lowest BCUT2D eigenvalue weighted by atomic mass is 9.92. The minimum Gasteiger partial charge on any atom is -0.338 e. The van der Waals surface area contributed by atoms with Crippen molar-refractivity contribution in [2.75, 3.05) is 5.32 Å². The van der Waals surface area contributed by atoms with Crippen molar-refractivity contribution in [3.8, 4) is 0 Å². The van der Waals surface area contributed by atoms with Gasteiger partial charge < -0.3 is 4.52 Å². The topological polar surface area (TPSA) is 55.1 Å². The predicted octanol–water partition coefficient (Wildman–Crippen LogP) is 4.05. The van der Waals surface area contributed by atoms with Crippen molar-refractivity contribution < 1.29 is 9.32 Å². The van der Waals surface area contributed by atoms with Crippen LogP contribution in [0.2, 0.25) is 0 Å². The lowest BCUT2D eigenvalue weighted by Crippen LogP contribution is -2.12. The van der Waals surface area contributed by atoms with Crippen molar-refractivity contribution in [1.82, 2.24) is 5.16 Å². The summed E-state index contributed by atoms with van der Waals surface area (Å²) in [5.74, 6) is 0.165. The van der Waals surface area contributed by atoms with Crippen LogP contribution in [0.15, 0.2) is 26.5 Å². The molecule has 0 aliphatic carbocycles. The van der Waals surface area contributed by atoms with Gasteiger partial charge in [-0.3, -0.25) is 10.1 Å². The number of rotatable bonds is 2. The molecule has 0 radical (unpaired) electrons. The van der Waals surface area contributed by atoms with Crippen molar-refractivity contribution in [1.29, 1.82) is 0 Å². The summed E-state index contributed by atoms with van der Waals surface area (Å²) in [7, 11) is 0. The lowest BCUT2D eigenvalue weighted by Gasteiger charge is -2.12. The molecule has 18 heavy (non-hydrogen) atoms. The molecule has 4 nitrogen and oxygen atoms in total. The molecule has 0 unspecified atom stereocenters. The summed E-state index contributed by atoms with van der Waals surface area (Å²) < 4.78 is 5.89. The van der Waals surface area contributed by atoms with Gasteiger partial charge in [-0.2, -0.15) is 0 Å². The molecule has 96 valence electrons. The number of aromatic nitrogens is 1. The zero-order valence-corrected chi connectivity index (χ0v) is 12.7. The first-order valence-electron chi connectivity index (χ1n) is 5.39. The first kappa shape index (κ1) is 13.3. The fraction of sp³-hybridized carbons (Fsp3) is 0.333. The molecule has 0 fully saturated rings. The van der Waals surface area contributed by atoms with E-state index < -0.39 is 0 Å². The Morgan fingerprint density at radius 2 is 2.22 bits per heavy atom. The average Bonchev–Trinajstić information content (AvgIpc) is 2.85. The molecule has 2 heterocycles. The van der Waals surface area contributed by atoms with Gasteiger partial charge in [0, 0.05) is 16.0 Å². The number of nitrogens with one attached hydrogen (secondary N) is 1. The van der Waals surface area contributed by atoms with Crippen LogP contribution < -0.4 is 5.32 Å². The van der Waals surface area contributed by atoms with Crippen LogP contribution in [-0.2, 0) is 5.41 Å². The summed E-state index contributed by atoms with van der Waals surface area (Å²) in [5.41, 5.74) is 0.707. The maximum atomic E-state index is 11.9. The van der Waals surface area contributed by atoms with E-state index >= 15 is 0 Å². The summed E-state index contributed by atoms with van der Waals surface area (Å²) in [6, 6.07) is 3.58. The third kappa shape index (κ3) is 2.81. The number of hydrogen-bond donors (Lipinski definition) is 1. The van der Waals surface area contributed by atoms with E-state index in [1.165, 1.54) is 11.3 Å². The molecule has 0 bridgehead atoms. The van der Waals surface area contributed by atoms with E-state index in [0.717, 1.165) is 10.2 Å². The number of nitrogens with zero attached hydrogens (tertiary/aromatic N) is 1. The second kappa shape index (κ2) is 4.85. The second-order valence-corrected chi connectivity index (χ2v) is 6.65. The van der Waals surface area contributed by atoms with Crippen LogP contribution in [-0.4, -0.2) is 11.1 Å². The monoisotopic (exact) mass is 328 g/mol. The minimum absolute atomic E-state index is 0.101. The van der Waals surface area contributed by atoms with Gasteiger partial charge in [0.05, 0.1) is 5.69 Å².